The quantitative estimate of drug-likeness (QED) is 0.629. The number of unbranched alkanes of at least 4 members (excludes halogenated alkanes) is 4. The maximum Gasteiger partial charge on any atom is 0.127 e. The van der Waals surface area contributed by atoms with Gasteiger partial charge in [0.15, 0.2) is 0 Å². The van der Waals surface area contributed by atoms with Crippen molar-refractivity contribution in [3.63, 3.8) is 0 Å². The molecule has 0 heterocycles. The Balaban J connectivity index is 2.13. The second kappa shape index (κ2) is 9.09. The predicted molar refractivity (Wildman–Crippen MR) is 76.1 cm³/mol. The van der Waals surface area contributed by atoms with E-state index in [0.717, 1.165) is 5.56 Å². The van der Waals surface area contributed by atoms with Crippen LogP contribution in [0, 0.1) is 5.82 Å². The molecule has 0 saturated heterocycles. The number of nitrogens with one attached hydrogen (secondary N) is 1. The van der Waals surface area contributed by atoms with Gasteiger partial charge in [-0.2, -0.15) is 0 Å². The van der Waals surface area contributed by atoms with Crippen molar-refractivity contribution in [2.75, 3.05) is 0 Å². The highest BCUT2D eigenvalue weighted by Gasteiger charge is 2.04. The Bertz CT molecular complexity index is 325. The molecule has 1 aromatic carbocycles. The summed E-state index contributed by atoms with van der Waals surface area (Å²) in [6.45, 7) is 5.04. The van der Waals surface area contributed by atoms with Crippen LogP contribution in [-0.4, -0.2) is 6.04 Å². The van der Waals surface area contributed by atoms with E-state index in [0.29, 0.717) is 12.6 Å². The molecule has 1 unspecified atom stereocenters. The van der Waals surface area contributed by atoms with Gasteiger partial charge in [0.05, 0.1) is 0 Å². The largest absolute Gasteiger partial charge is 0.310 e. The lowest BCUT2D eigenvalue weighted by Crippen LogP contribution is -2.25. The van der Waals surface area contributed by atoms with Crippen LogP contribution in [0.4, 0.5) is 4.39 Å². The minimum absolute atomic E-state index is 0.111. The third-order valence-electron chi connectivity index (χ3n) is 3.34. The fourth-order valence-electron chi connectivity index (χ4n) is 2.08. The van der Waals surface area contributed by atoms with Crippen LogP contribution in [0.2, 0.25) is 0 Å². The van der Waals surface area contributed by atoms with Crippen molar-refractivity contribution in [2.45, 2.75) is 65.0 Å². The van der Waals surface area contributed by atoms with Crippen LogP contribution in [0.1, 0.15) is 57.9 Å². The van der Waals surface area contributed by atoms with E-state index in [1.54, 1.807) is 6.07 Å². The maximum absolute atomic E-state index is 13.4. The molecule has 0 radical (unpaired) electrons. The molecule has 0 saturated carbocycles. The summed E-state index contributed by atoms with van der Waals surface area (Å²) in [5.74, 6) is -0.111. The van der Waals surface area contributed by atoms with Crippen LogP contribution >= 0.6 is 0 Å². The molecule has 102 valence electrons. The highest BCUT2D eigenvalue weighted by atomic mass is 19.1. The molecule has 1 aromatic rings. The first-order valence-electron chi connectivity index (χ1n) is 7.20. The first kappa shape index (κ1) is 15.2. The lowest BCUT2D eigenvalue weighted by atomic mass is 10.1. The fraction of sp³-hybridized carbons (Fsp3) is 0.625. The Morgan fingerprint density at radius 3 is 2.56 bits per heavy atom. The number of rotatable bonds is 9. The average Bonchev–Trinajstić information content (AvgIpc) is 2.37. The molecule has 1 N–H and O–H groups in total. The summed E-state index contributed by atoms with van der Waals surface area (Å²) >= 11 is 0. The van der Waals surface area contributed by atoms with E-state index in [4.69, 9.17) is 0 Å². The van der Waals surface area contributed by atoms with E-state index < -0.39 is 0 Å². The van der Waals surface area contributed by atoms with Gasteiger partial charge in [-0.1, -0.05) is 57.2 Å². The number of hydrogen-bond donors (Lipinski definition) is 1. The zero-order chi connectivity index (χ0) is 13.2. The van der Waals surface area contributed by atoms with E-state index in [9.17, 15) is 4.39 Å². The smallest absolute Gasteiger partial charge is 0.127 e. The second-order valence-electron chi connectivity index (χ2n) is 5.08. The van der Waals surface area contributed by atoms with Gasteiger partial charge in [0.25, 0.3) is 0 Å². The Morgan fingerprint density at radius 1 is 1.11 bits per heavy atom. The molecule has 0 amide bonds. The lowest BCUT2D eigenvalue weighted by molar-refractivity contribution is 0.473. The highest BCUT2D eigenvalue weighted by Crippen LogP contribution is 2.09. The van der Waals surface area contributed by atoms with Crippen molar-refractivity contribution in [3.8, 4) is 0 Å². The molecule has 2 heteroatoms. The molecule has 0 aliphatic heterocycles. The van der Waals surface area contributed by atoms with Gasteiger partial charge in [-0.3, -0.25) is 0 Å². The molecule has 1 atom stereocenters. The topological polar surface area (TPSA) is 12.0 Å². The Kier molecular flexibility index (Phi) is 7.66. The van der Waals surface area contributed by atoms with E-state index in [1.807, 2.05) is 12.1 Å². The van der Waals surface area contributed by atoms with Gasteiger partial charge >= 0.3 is 0 Å². The van der Waals surface area contributed by atoms with Gasteiger partial charge in [-0.25, -0.2) is 4.39 Å². The van der Waals surface area contributed by atoms with Gasteiger partial charge < -0.3 is 5.32 Å². The van der Waals surface area contributed by atoms with E-state index in [2.05, 4.69) is 19.2 Å². The summed E-state index contributed by atoms with van der Waals surface area (Å²) in [5.41, 5.74) is 0.760. The molecule has 18 heavy (non-hydrogen) atoms. The molecule has 0 bridgehead atoms. The van der Waals surface area contributed by atoms with E-state index >= 15 is 0 Å². The second-order valence-corrected chi connectivity index (χ2v) is 5.08. The SMILES string of the molecule is CCCCCCCC(C)NCc1ccccc1F. The van der Waals surface area contributed by atoms with Crippen molar-refractivity contribution in [1.82, 2.24) is 5.32 Å². The summed E-state index contributed by atoms with van der Waals surface area (Å²) in [4.78, 5) is 0. The Hall–Kier alpha value is -0.890. The van der Waals surface area contributed by atoms with Gasteiger partial charge in [-0.05, 0) is 19.4 Å². The van der Waals surface area contributed by atoms with Crippen LogP contribution in [0.3, 0.4) is 0 Å². The van der Waals surface area contributed by atoms with Crippen molar-refractivity contribution in [1.29, 1.82) is 0 Å². The summed E-state index contributed by atoms with van der Waals surface area (Å²) < 4.78 is 13.4. The molecule has 1 nitrogen and oxygen atoms in total. The molecular weight excluding hydrogens is 225 g/mol. The first-order valence-corrected chi connectivity index (χ1v) is 7.20. The number of benzene rings is 1. The van der Waals surface area contributed by atoms with Gasteiger partial charge in [-0.15, -0.1) is 0 Å². The molecule has 0 fully saturated rings. The molecule has 0 aliphatic rings. The van der Waals surface area contributed by atoms with Crippen LogP contribution in [0.15, 0.2) is 24.3 Å². The van der Waals surface area contributed by atoms with Crippen molar-refractivity contribution in [2.24, 2.45) is 0 Å². The summed E-state index contributed by atoms with van der Waals surface area (Å²) in [5, 5.41) is 3.39. The third-order valence-corrected chi connectivity index (χ3v) is 3.34. The van der Waals surface area contributed by atoms with Gasteiger partial charge in [0.1, 0.15) is 5.82 Å². The fourth-order valence-corrected chi connectivity index (χ4v) is 2.08. The summed E-state index contributed by atoms with van der Waals surface area (Å²) in [6, 6.07) is 7.44. The Labute approximate surface area is 111 Å². The zero-order valence-electron chi connectivity index (χ0n) is 11.7. The maximum atomic E-state index is 13.4. The van der Waals surface area contributed by atoms with Gasteiger partial charge in [0, 0.05) is 18.2 Å². The van der Waals surface area contributed by atoms with Crippen LogP contribution in [-0.2, 0) is 6.54 Å². The van der Waals surface area contributed by atoms with Crippen molar-refractivity contribution in [3.05, 3.63) is 35.6 Å². The monoisotopic (exact) mass is 251 g/mol. The highest BCUT2D eigenvalue weighted by molar-refractivity contribution is 5.16. The summed E-state index contributed by atoms with van der Waals surface area (Å²) in [6.07, 6.45) is 7.75. The Morgan fingerprint density at radius 2 is 1.83 bits per heavy atom. The first-order chi connectivity index (χ1) is 8.74. The summed E-state index contributed by atoms with van der Waals surface area (Å²) in [7, 11) is 0. The third kappa shape index (κ3) is 6.15. The van der Waals surface area contributed by atoms with Gasteiger partial charge in [0.2, 0.25) is 0 Å². The predicted octanol–water partition coefficient (Wildman–Crippen LogP) is 4.66. The van der Waals surface area contributed by atoms with Crippen LogP contribution < -0.4 is 5.32 Å². The minimum atomic E-state index is -0.111. The van der Waals surface area contributed by atoms with E-state index in [1.165, 1.54) is 44.6 Å². The number of hydrogen-bond acceptors (Lipinski definition) is 1. The average molecular weight is 251 g/mol. The number of halogens is 1. The van der Waals surface area contributed by atoms with Crippen molar-refractivity contribution < 1.29 is 4.39 Å². The standard InChI is InChI=1S/C16H26FN/c1-3-4-5-6-7-10-14(2)18-13-15-11-8-9-12-16(15)17/h8-9,11-12,14,18H,3-7,10,13H2,1-2H3. The lowest BCUT2D eigenvalue weighted by Gasteiger charge is -2.14. The van der Waals surface area contributed by atoms with E-state index in [-0.39, 0.29) is 5.82 Å². The van der Waals surface area contributed by atoms with Crippen LogP contribution in [0.5, 0.6) is 0 Å². The van der Waals surface area contributed by atoms with Crippen molar-refractivity contribution >= 4 is 0 Å². The molecule has 1 rings (SSSR count). The molecule has 0 aromatic heterocycles. The molecule has 0 spiro atoms. The minimum Gasteiger partial charge on any atom is -0.310 e. The molecular formula is C16H26FN. The zero-order valence-corrected chi connectivity index (χ0v) is 11.7. The normalized spacial score (nSPS) is 12.6. The molecule has 0 aliphatic carbocycles. The van der Waals surface area contributed by atoms with Crippen LogP contribution in [0.25, 0.3) is 0 Å².